The van der Waals surface area contributed by atoms with Crippen molar-refractivity contribution in [1.82, 2.24) is 4.72 Å². The van der Waals surface area contributed by atoms with Gasteiger partial charge in [-0.15, -0.1) is 0 Å². The van der Waals surface area contributed by atoms with Gasteiger partial charge in [0.25, 0.3) is 0 Å². The van der Waals surface area contributed by atoms with Crippen molar-refractivity contribution in [3.63, 3.8) is 0 Å². The predicted octanol–water partition coefficient (Wildman–Crippen LogP) is 2.04. The average Bonchev–Trinajstić information content (AvgIpc) is 2.59. The number of ether oxygens (including phenoxy) is 2. The zero-order valence-electron chi connectivity index (χ0n) is 13.3. The first-order valence-electron chi connectivity index (χ1n) is 7.27. The first kappa shape index (κ1) is 17.2. The van der Waals surface area contributed by atoms with Gasteiger partial charge in [0.15, 0.2) is 0 Å². The quantitative estimate of drug-likeness (QED) is 0.780. The molecular weight excluding hydrogens is 306 g/mol. The highest BCUT2D eigenvalue weighted by Gasteiger charge is 2.43. The Labute approximate surface area is 131 Å². The van der Waals surface area contributed by atoms with Crippen LogP contribution in [-0.4, -0.2) is 31.9 Å². The van der Waals surface area contributed by atoms with Gasteiger partial charge in [0.1, 0.15) is 5.75 Å². The SMILES string of the molecule is CC(C)OC1Oc2ccc(CCNS(=O)(=O)O)cc2C1(C)C. The van der Waals surface area contributed by atoms with Gasteiger partial charge in [-0.2, -0.15) is 13.1 Å². The minimum atomic E-state index is -4.15. The summed E-state index contributed by atoms with van der Waals surface area (Å²) in [6.45, 7) is 8.20. The smallest absolute Gasteiger partial charge is 0.333 e. The van der Waals surface area contributed by atoms with Crippen molar-refractivity contribution in [2.24, 2.45) is 0 Å². The van der Waals surface area contributed by atoms with Gasteiger partial charge in [-0.1, -0.05) is 12.1 Å². The summed E-state index contributed by atoms with van der Waals surface area (Å²) in [5.41, 5.74) is 1.73. The topological polar surface area (TPSA) is 84.9 Å². The van der Waals surface area contributed by atoms with Crippen molar-refractivity contribution < 1.29 is 22.4 Å². The summed E-state index contributed by atoms with van der Waals surface area (Å²) in [6, 6.07) is 5.77. The van der Waals surface area contributed by atoms with Crippen LogP contribution in [0.3, 0.4) is 0 Å². The number of fused-ring (bicyclic) bond motifs is 1. The molecular formula is C15H23NO5S. The second kappa shape index (κ2) is 6.16. The van der Waals surface area contributed by atoms with Crippen LogP contribution < -0.4 is 9.46 Å². The Morgan fingerprint density at radius 3 is 2.68 bits per heavy atom. The van der Waals surface area contributed by atoms with Gasteiger partial charge >= 0.3 is 10.3 Å². The maximum Gasteiger partial charge on any atom is 0.333 e. The number of hydrogen-bond donors (Lipinski definition) is 2. The molecule has 0 fully saturated rings. The zero-order valence-corrected chi connectivity index (χ0v) is 14.1. The Morgan fingerprint density at radius 1 is 1.41 bits per heavy atom. The van der Waals surface area contributed by atoms with Gasteiger partial charge in [-0.25, -0.2) is 0 Å². The van der Waals surface area contributed by atoms with Crippen molar-refractivity contribution in [2.75, 3.05) is 6.54 Å². The molecule has 0 amide bonds. The maximum atomic E-state index is 10.7. The second-order valence-electron chi connectivity index (χ2n) is 6.31. The summed E-state index contributed by atoms with van der Waals surface area (Å²) >= 11 is 0. The Kier molecular flexibility index (Phi) is 4.81. The molecule has 1 heterocycles. The third kappa shape index (κ3) is 3.98. The highest BCUT2D eigenvalue weighted by molar-refractivity contribution is 7.83. The molecule has 0 bridgehead atoms. The molecule has 6 nitrogen and oxygen atoms in total. The normalized spacial score (nSPS) is 20.0. The summed E-state index contributed by atoms with van der Waals surface area (Å²) < 4.78 is 43.8. The predicted molar refractivity (Wildman–Crippen MR) is 83.4 cm³/mol. The van der Waals surface area contributed by atoms with Crippen molar-refractivity contribution in [2.45, 2.75) is 51.9 Å². The van der Waals surface area contributed by atoms with Crippen molar-refractivity contribution in [1.29, 1.82) is 0 Å². The highest BCUT2D eigenvalue weighted by atomic mass is 32.2. The lowest BCUT2D eigenvalue weighted by molar-refractivity contribution is -0.128. The van der Waals surface area contributed by atoms with E-state index < -0.39 is 10.3 Å². The van der Waals surface area contributed by atoms with Crippen molar-refractivity contribution in [3.05, 3.63) is 29.3 Å². The molecule has 1 aromatic carbocycles. The monoisotopic (exact) mass is 329 g/mol. The average molecular weight is 329 g/mol. The molecule has 0 saturated carbocycles. The van der Waals surface area contributed by atoms with E-state index >= 15 is 0 Å². The highest BCUT2D eigenvalue weighted by Crippen LogP contribution is 2.43. The lowest BCUT2D eigenvalue weighted by Crippen LogP contribution is -2.36. The molecule has 1 unspecified atom stereocenters. The largest absolute Gasteiger partial charge is 0.464 e. The Hall–Kier alpha value is -1.15. The van der Waals surface area contributed by atoms with E-state index in [1.807, 2.05) is 32.0 Å². The van der Waals surface area contributed by atoms with E-state index in [0.29, 0.717) is 6.42 Å². The third-order valence-corrected chi connectivity index (χ3v) is 4.22. The van der Waals surface area contributed by atoms with Gasteiger partial charge in [-0.05, 0) is 45.7 Å². The van der Waals surface area contributed by atoms with Crippen LogP contribution in [0.25, 0.3) is 0 Å². The molecule has 2 rings (SSSR count). The number of nitrogens with one attached hydrogen (secondary N) is 1. The van der Waals surface area contributed by atoms with Crippen molar-refractivity contribution >= 4 is 10.3 Å². The van der Waals surface area contributed by atoms with Crippen LogP contribution in [0.2, 0.25) is 0 Å². The van der Waals surface area contributed by atoms with E-state index in [2.05, 4.69) is 18.6 Å². The summed E-state index contributed by atoms with van der Waals surface area (Å²) in [6.07, 6.45) is 0.212. The summed E-state index contributed by atoms with van der Waals surface area (Å²) in [7, 11) is -4.15. The van der Waals surface area contributed by atoms with Crippen LogP contribution in [-0.2, 0) is 26.9 Å². The Bertz CT molecular complexity index is 639. The van der Waals surface area contributed by atoms with E-state index in [-0.39, 0.29) is 24.4 Å². The van der Waals surface area contributed by atoms with Crippen LogP contribution >= 0.6 is 0 Å². The molecule has 0 saturated heterocycles. The zero-order chi connectivity index (χ0) is 16.5. The molecule has 0 aromatic heterocycles. The molecule has 22 heavy (non-hydrogen) atoms. The van der Waals surface area contributed by atoms with E-state index in [1.165, 1.54) is 0 Å². The fourth-order valence-electron chi connectivity index (χ4n) is 2.50. The van der Waals surface area contributed by atoms with E-state index in [9.17, 15) is 8.42 Å². The number of hydrogen-bond acceptors (Lipinski definition) is 4. The molecule has 0 aliphatic carbocycles. The van der Waals surface area contributed by atoms with Gasteiger partial charge < -0.3 is 9.47 Å². The maximum absolute atomic E-state index is 10.7. The Balaban J connectivity index is 2.12. The molecule has 1 aliphatic heterocycles. The molecule has 124 valence electrons. The molecule has 1 atom stereocenters. The molecule has 0 spiro atoms. The lowest BCUT2D eigenvalue weighted by atomic mass is 9.84. The fraction of sp³-hybridized carbons (Fsp3) is 0.600. The van der Waals surface area contributed by atoms with Crippen LogP contribution in [0.15, 0.2) is 18.2 Å². The summed E-state index contributed by atoms with van der Waals surface area (Å²) in [5.74, 6) is 0.794. The van der Waals surface area contributed by atoms with Crippen LogP contribution in [0.5, 0.6) is 5.75 Å². The first-order valence-corrected chi connectivity index (χ1v) is 8.71. The standard InChI is InChI=1S/C15H23NO5S/c1-10(2)20-14-15(3,4)12-9-11(5-6-13(12)21-14)7-8-16-22(17,18)19/h5-6,9-10,14,16H,7-8H2,1-4H3,(H,17,18,19). The van der Waals surface area contributed by atoms with E-state index in [4.69, 9.17) is 14.0 Å². The van der Waals surface area contributed by atoms with Crippen LogP contribution in [0, 0.1) is 0 Å². The molecule has 0 radical (unpaired) electrons. The Morgan fingerprint density at radius 2 is 2.09 bits per heavy atom. The summed E-state index contributed by atoms with van der Waals surface area (Å²) in [5, 5.41) is 0. The molecule has 1 aromatic rings. The minimum absolute atomic E-state index is 0.0667. The molecule has 1 aliphatic rings. The molecule has 2 N–H and O–H groups in total. The third-order valence-electron chi connectivity index (χ3n) is 3.66. The van der Waals surface area contributed by atoms with Crippen molar-refractivity contribution in [3.8, 4) is 5.75 Å². The van der Waals surface area contributed by atoms with E-state index in [1.54, 1.807) is 0 Å². The van der Waals surface area contributed by atoms with Crippen LogP contribution in [0.1, 0.15) is 38.8 Å². The van der Waals surface area contributed by atoms with Gasteiger partial charge in [-0.3, -0.25) is 4.55 Å². The molecule has 7 heteroatoms. The lowest BCUT2D eigenvalue weighted by Gasteiger charge is -2.27. The minimum Gasteiger partial charge on any atom is -0.464 e. The van der Waals surface area contributed by atoms with Gasteiger partial charge in [0, 0.05) is 12.1 Å². The fourth-order valence-corrected chi connectivity index (χ4v) is 2.86. The van der Waals surface area contributed by atoms with E-state index in [0.717, 1.165) is 16.9 Å². The number of rotatable bonds is 6. The second-order valence-corrected chi connectivity index (χ2v) is 7.55. The van der Waals surface area contributed by atoms with Gasteiger partial charge in [0.2, 0.25) is 6.29 Å². The number of benzene rings is 1. The van der Waals surface area contributed by atoms with Crippen LogP contribution in [0.4, 0.5) is 0 Å². The summed E-state index contributed by atoms with van der Waals surface area (Å²) in [4.78, 5) is 0. The van der Waals surface area contributed by atoms with Gasteiger partial charge in [0.05, 0.1) is 11.5 Å². The first-order chi connectivity index (χ1) is 10.1.